The lowest BCUT2D eigenvalue weighted by molar-refractivity contribution is -0.105. The highest BCUT2D eigenvalue weighted by atomic mass is 32.2. The van der Waals surface area contributed by atoms with E-state index in [2.05, 4.69) is 4.72 Å². The van der Waals surface area contributed by atoms with Gasteiger partial charge in [-0.1, -0.05) is 24.3 Å². The Labute approximate surface area is 143 Å². The molecule has 130 valence electrons. The molecule has 0 amide bonds. The molecule has 8 heteroatoms. The van der Waals surface area contributed by atoms with E-state index in [1.54, 1.807) is 38.1 Å². The van der Waals surface area contributed by atoms with Crippen molar-refractivity contribution in [2.75, 3.05) is 10.5 Å². The summed E-state index contributed by atoms with van der Waals surface area (Å²) in [6, 6.07) is 11.0. The van der Waals surface area contributed by atoms with Crippen LogP contribution in [0, 0.1) is 13.8 Å². The van der Waals surface area contributed by atoms with E-state index in [-0.39, 0.29) is 15.5 Å². The molecule has 1 N–H and O–H groups in total. The SMILES string of the molecule is Cc1ccc(C)c(S(=O)(=O)Nc2ccccc2SCC(F)(F)F)c1. The highest BCUT2D eigenvalue weighted by Crippen LogP contribution is 2.33. The molecule has 0 aliphatic carbocycles. The van der Waals surface area contributed by atoms with E-state index in [1.807, 2.05) is 0 Å². The van der Waals surface area contributed by atoms with Crippen LogP contribution >= 0.6 is 11.8 Å². The van der Waals surface area contributed by atoms with Gasteiger partial charge in [0.15, 0.2) is 0 Å². The van der Waals surface area contributed by atoms with Gasteiger partial charge in [0.2, 0.25) is 0 Å². The minimum atomic E-state index is -4.33. The fraction of sp³-hybridized carbons (Fsp3) is 0.250. The van der Waals surface area contributed by atoms with Crippen LogP contribution in [0.2, 0.25) is 0 Å². The monoisotopic (exact) mass is 375 g/mol. The standard InChI is InChI=1S/C16H16F3NO2S2/c1-11-7-8-12(2)15(9-11)24(21,22)20-13-5-3-4-6-14(13)23-10-16(17,18)19/h3-9,20H,10H2,1-2H3. The number of hydrogen-bond acceptors (Lipinski definition) is 3. The molecule has 0 bridgehead atoms. The summed E-state index contributed by atoms with van der Waals surface area (Å²) in [6.07, 6.45) is -4.33. The van der Waals surface area contributed by atoms with Gasteiger partial charge in [-0.3, -0.25) is 4.72 Å². The Bertz CT molecular complexity index is 833. The number of nitrogens with one attached hydrogen (secondary N) is 1. The first-order valence-corrected chi connectivity index (χ1v) is 9.44. The third-order valence-electron chi connectivity index (χ3n) is 3.16. The molecule has 0 fully saturated rings. The lowest BCUT2D eigenvalue weighted by Gasteiger charge is -2.14. The first-order valence-electron chi connectivity index (χ1n) is 6.97. The average Bonchev–Trinajstić information content (AvgIpc) is 2.47. The number of sulfonamides is 1. The second-order valence-electron chi connectivity index (χ2n) is 5.27. The zero-order valence-corrected chi connectivity index (χ0v) is 14.6. The van der Waals surface area contributed by atoms with Crippen LogP contribution in [-0.4, -0.2) is 20.3 Å². The van der Waals surface area contributed by atoms with Crippen molar-refractivity contribution in [3.05, 3.63) is 53.6 Å². The topological polar surface area (TPSA) is 46.2 Å². The third kappa shape index (κ3) is 4.91. The molecule has 0 heterocycles. The highest BCUT2D eigenvalue weighted by molar-refractivity contribution is 7.99. The molecule has 2 aromatic rings. The van der Waals surface area contributed by atoms with E-state index in [0.29, 0.717) is 17.3 Å². The summed E-state index contributed by atoms with van der Waals surface area (Å²) in [4.78, 5) is 0.335. The molecular weight excluding hydrogens is 359 g/mol. The lowest BCUT2D eigenvalue weighted by Crippen LogP contribution is -2.15. The van der Waals surface area contributed by atoms with Crippen LogP contribution in [0.15, 0.2) is 52.3 Å². The molecule has 0 aliphatic rings. The van der Waals surface area contributed by atoms with Crippen molar-refractivity contribution in [2.24, 2.45) is 0 Å². The number of para-hydroxylation sites is 1. The van der Waals surface area contributed by atoms with Crippen LogP contribution in [0.1, 0.15) is 11.1 Å². The van der Waals surface area contributed by atoms with E-state index in [1.165, 1.54) is 18.2 Å². The molecule has 3 nitrogen and oxygen atoms in total. The number of anilines is 1. The van der Waals surface area contributed by atoms with Gasteiger partial charge in [0.25, 0.3) is 10.0 Å². The highest BCUT2D eigenvalue weighted by Gasteiger charge is 2.28. The van der Waals surface area contributed by atoms with Gasteiger partial charge < -0.3 is 0 Å². The number of rotatable bonds is 5. The van der Waals surface area contributed by atoms with Crippen molar-refractivity contribution < 1.29 is 21.6 Å². The fourth-order valence-electron chi connectivity index (χ4n) is 2.03. The summed E-state index contributed by atoms with van der Waals surface area (Å²) in [5.74, 6) is -1.09. The van der Waals surface area contributed by atoms with E-state index in [0.717, 1.165) is 5.56 Å². The van der Waals surface area contributed by atoms with Crippen molar-refractivity contribution in [2.45, 2.75) is 29.8 Å². The van der Waals surface area contributed by atoms with Crippen LogP contribution in [0.3, 0.4) is 0 Å². The number of halogens is 3. The minimum absolute atomic E-state index is 0.109. The molecule has 2 aromatic carbocycles. The van der Waals surface area contributed by atoms with Crippen LogP contribution in [0.4, 0.5) is 18.9 Å². The zero-order valence-electron chi connectivity index (χ0n) is 13.0. The van der Waals surface area contributed by atoms with E-state index in [9.17, 15) is 21.6 Å². The van der Waals surface area contributed by atoms with Gasteiger partial charge in [-0.15, -0.1) is 11.8 Å². The average molecular weight is 375 g/mol. The van der Waals surface area contributed by atoms with E-state index < -0.39 is 22.0 Å². The normalized spacial score (nSPS) is 12.2. The number of alkyl halides is 3. The number of hydrogen-bond donors (Lipinski definition) is 1. The predicted octanol–water partition coefficient (Wildman–Crippen LogP) is 4.76. The van der Waals surface area contributed by atoms with Gasteiger partial charge in [-0.2, -0.15) is 13.2 Å². The molecule has 0 atom stereocenters. The van der Waals surface area contributed by atoms with Gasteiger partial charge in [0.1, 0.15) is 0 Å². The largest absolute Gasteiger partial charge is 0.398 e. The van der Waals surface area contributed by atoms with Crippen LogP contribution in [-0.2, 0) is 10.0 Å². The Morgan fingerprint density at radius 2 is 1.75 bits per heavy atom. The second kappa shape index (κ2) is 7.06. The van der Waals surface area contributed by atoms with Crippen molar-refractivity contribution in [1.29, 1.82) is 0 Å². The summed E-state index contributed by atoms with van der Waals surface area (Å²) in [5.41, 5.74) is 1.47. The molecule has 0 radical (unpaired) electrons. The first kappa shape index (κ1) is 18.7. The lowest BCUT2D eigenvalue weighted by atomic mass is 10.2. The molecule has 0 aromatic heterocycles. The predicted molar refractivity (Wildman–Crippen MR) is 89.9 cm³/mol. The Morgan fingerprint density at radius 1 is 1.08 bits per heavy atom. The Kier molecular flexibility index (Phi) is 5.49. The summed E-state index contributed by atoms with van der Waals surface area (Å²) < 4.78 is 64.8. The molecule has 2 rings (SSSR count). The Morgan fingerprint density at radius 3 is 2.42 bits per heavy atom. The molecule has 0 saturated carbocycles. The quantitative estimate of drug-likeness (QED) is 0.767. The third-order valence-corrected chi connectivity index (χ3v) is 5.80. The van der Waals surface area contributed by atoms with Crippen molar-refractivity contribution in [3.63, 3.8) is 0 Å². The van der Waals surface area contributed by atoms with Crippen LogP contribution in [0.5, 0.6) is 0 Å². The van der Waals surface area contributed by atoms with E-state index >= 15 is 0 Å². The van der Waals surface area contributed by atoms with Crippen LogP contribution < -0.4 is 4.72 Å². The number of benzene rings is 2. The molecule has 0 saturated heterocycles. The van der Waals surface area contributed by atoms with Crippen molar-refractivity contribution >= 4 is 27.5 Å². The number of aryl methyl sites for hydroxylation is 2. The maximum atomic E-state index is 12.6. The second-order valence-corrected chi connectivity index (χ2v) is 7.94. The smallest absolute Gasteiger partial charge is 0.278 e. The van der Waals surface area contributed by atoms with Gasteiger partial charge >= 0.3 is 6.18 Å². The van der Waals surface area contributed by atoms with E-state index in [4.69, 9.17) is 0 Å². The first-order chi connectivity index (χ1) is 11.1. The zero-order chi connectivity index (χ0) is 18.0. The van der Waals surface area contributed by atoms with Crippen molar-refractivity contribution in [1.82, 2.24) is 0 Å². The summed E-state index contributed by atoms with van der Waals surface area (Å²) in [5, 5.41) is 0. The molecule has 0 spiro atoms. The molecule has 0 unspecified atom stereocenters. The van der Waals surface area contributed by atoms with Gasteiger partial charge in [0.05, 0.1) is 16.3 Å². The molecule has 24 heavy (non-hydrogen) atoms. The molecular formula is C16H16F3NO2S2. The van der Waals surface area contributed by atoms with Crippen molar-refractivity contribution in [3.8, 4) is 0 Å². The van der Waals surface area contributed by atoms with Crippen LogP contribution in [0.25, 0.3) is 0 Å². The fourth-order valence-corrected chi connectivity index (χ4v) is 4.28. The maximum Gasteiger partial charge on any atom is 0.398 e. The molecule has 0 aliphatic heterocycles. The number of thioether (sulfide) groups is 1. The minimum Gasteiger partial charge on any atom is -0.278 e. The summed E-state index contributed by atoms with van der Waals surface area (Å²) in [7, 11) is -3.89. The Hall–Kier alpha value is -1.67. The van der Waals surface area contributed by atoms with Gasteiger partial charge in [0, 0.05) is 4.90 Å². The summed E-state index contributed by atoms with van der Waals surface area (Å²) in [6.45, 7) is 3.43. The summed E-state index contributed by atoms with van der Waals surface area (Å²) >= 11 is 0.545. The van der Waals surface area contributed by atoms with Gasteiger partial charge in [-0.05, 0) is 43.2 Å². The Balaban J connectivity index is 2.32. The maximum absolute atomic E-state index is 12.6. The van der Waals surface area contributed by atoms with Gasteiger partial charge in [-0.25, -0.2) is 8.42 Å².